The molecule has 0 aliphatic heterocycles. The van der Waals surface area contributed by atoms with Crippen molar-refractivity contribution in [1.82, 2.24) is 24.5 Å². The molecule has 2 N–H and O–H groups in total. The molecule has 0 aliphatic rings. The predicted octanol–water partition coefficient (Wildman–Crippen LogP) is 4.57. The van der Waals surface area contributed by atoms with Gasteiger partial charge in [-0.2, -0.15) is 0 Å². The molecule has 0 fully saturated rings. The van der Waals surface area contributed by atoms with Crippen LogP contribution >= 0.6 is 0 Å². The highest BCUT2D eigenvalue weighted by molar-refractivity contribution is 5.85. The third-order valence-corrected chi connectivity index (χ3v) is 5.31. The van der Waals surface area contributed by atoms with Gasteiger partial charge in [-0.3, -0.25) is 4.57 Å². The number of para-hydroxylation sites is 1. The largest absolute Gasteiger partial charge is 0.368 e. The molecule has 29 heavy (non-hydrogen) atoms. The van der Waals surface area contributed by atoms with Crippen LogP contribution in [0.15, 0.2) is 61.3 Å². The maximum atomic E-state index is 4.59. The SMILES string of the molecule is Cc1ccc(-n2cnc3c(NCCc4c[nH]c5ccccc45)ncnc32)c(C)c1. The Kier molecular flexibility index (Phi) is 4.24. The highest BCUT2D eigenvalue weighted by Crippen LogP contribution is 2.24. The number of hydrogen-bond acceptors (Lipinski definition) is 4. The molecule has 0 saturated heterocycles. The van der Waals surface area contributed by atoms with E-state index in [0.717, 1.165) is 35.6 Å². The van der Waals surface area contributed by atoms with Crippen LogP contribution < -0.4 is 5.32 Å². The summed E-state index contributed by atoms with van der Waals surface area (Å²) in [4.78, 5) is 16.8. The Morgan fingerprint density at radius 2 is 1.93 bits per heavy atom. The van der Waals surface area contributed by atoms with Crippen LogP contribution in [0.2, 0.25) is 0 Å². The zero-order chi connectivity index (χ0) is 19.8. The molecule has 0 atom stereocenters. The summed E-state index contributed by atoms with van der Waals surface area (Å²) >= 11 is 0. The quantitative estimate of drug-likeness (QED) is 0.467. The van der Waals surface area contributed by atoms with Crippen molar-refractivity contribution in [2.45, 2.75) is 20.3 Å². The minimum Gasteiger partial charge on any atom is -0.368 e. The molecule has 0 bridgehead atoms. The lowest BCUT2D eigenvalue weighted by Crippen LogP contribution is -2.07. The number of aryl methyl sites for hydroxylation is 2. The lowest BCUT2D eigenvalue weighted by atomic mass is 10.1. The van der Waals surface area contributed by atoms with E-state index >= 15 is 0 Å². The number of fused-ring (bicyclic) bond motifs is 2. The number of benzene rings is 2. The Morgan fingerprint density at radius 1 is 1.03 bits per heavy atom. The van der Waals surface area contributed by atoms with Gasteiger partial charge >= 0.3 is 0 Å². The van der Waals surface area contributed by atoms with Gasteiger partial charge in [0, 0.05) is 23.6 Å². The highest BCUT2D eigenvalue weighted by Gasteiger charge is 2.13. The third kappa shape index (κ3) is 3.12. The first-order valence-electron chi connectivity index (χ1n) is 9.75. The number of nitrogens with zero attached hydrogens (tertiary/aromatic N) is 4. The molecular weight excluding hydrogens is 360 g/mol. The van der Waals surface area contributed by atoms with Gasteiger partial charge in [0.05, 0.1) is 5.69 Å². The van der Waals surface area contributed by atoms with Gasteiger partial charge in [0.1, 0.15) is 12.7 Å². The first-order valence-corrected chi connectivity index (χ1v) is 9.75. The second-order valence-corrected chi connectivity index (χ2v) is 7.34. The fourth-order valence-electron chi connectivity index (χ4n) is 3.87. The molecule has 0 saturated carbocycles. The average Bonchev–Trinajstić information content (AvgIpc) is 3.33. The van der Waals surface area contributed by atoms with E-state index in [1.54, 1.807) is 6.33 Å². The van der Waals surface area contributed by atoms with E-state index in [4.69, 9.17) is 0 Å². The first kappa shape index (κ1) is 17.4. The van der Waals surface area contributed by atoms with Crippen molar-refractivity contribution in [2.24, 2.45) is 0 Å². The van der Waals surface area contributed by atoms with Crippen LogP contribution in [-0.2, 0) is 6.42 Å². The molecule has 5 aromatic rings. The van der Waals surface area contributed by atoms with Gasteiger partial charge in [0.15, 0.2) is 17.0 Å². The van der Waals surface area contributed by atoms with Crippen LogP contribution in [0.1, 0.15) is 16.7 Å². The van der Waals surface area contributed by atoms with E-state index in [0.29, 0.717) is 0 Å². The van der Waals surface area contributed by atoms with E-state index in [-0.39, 0.29) is 0 Å². The van der Waals surface area contributed by atoms with Gasteiger partial charge in [-0.05, 0) is 43.5 Å². The summed E-state index contributed by atoms with van der Waals surface area (Å²) in [5.41, 5.74) is 7.56. The molecule has 3 heterocycles. The second-order valence-electron chi connectivity index (χ2n) is 7.34. The number of anilines is 1. The van der Waals surface area contributed by atoms with Crippen molar-refractivity contribution in [3.8, 4) is 5.69 Å². The molecule has 144 valence electrons. The van der Waals surface area contributed by atoms with Gasteiger partial charge in [-0.15, -0.1) is 0 Å². The van der Waals surface area contributed by atoms with Crippen molar-refractivity contribution in [1.29, 1.82) is 0 Å². The summed E-state index contributed by atoms with van der Waals surface area (Å²) < 4.78 is 2.02. The maximum absolute atomic E-state index is 4.59. The highest BCUT2D eigenvalue weighted by atomic mass is 15.1. The Morgan fingerprint density at radius 3 is 2.83 bits per heavy atom. The molecule has 6 heteroatoms. The second kappa shape index (κ2) is 7.05. The van der Waals surface area contributed by atoms with Crippen molar-refractivity contribution >= 4 is 27.9 Å². The molecule has 0 unspecified atom stereocenters. The Hall–Kier alpha value is -3.67. The van der Waals surface area contributed by atoms with Crippen LogP contribution in [-0.4, -0.2) is 31.0 Å². The minimum atomic E-state index is 0.762. The van der Waals surface area contributed by atoms with E-state index in [9.17, 15) is 0 Å². The molecule has 5 rings (SSSR count). The summed E-state index contributed by atoms with van der Waals surface area (Å²) in [7, 11) is 0. The van der Waals surface area contributed by atoms with Crippen LogP contribution in [0.25, 0.3) is 27.8 Å². The summed E-state index contributed by atoms with van der Waals surface area (Å²) in [6.45, 7) is 4.97. The van der Waals surface area contributed by atoms with Gasteiger partial charge in [-0.25, -0.2) is 15.0 Å². The first-order chi connectivity index (χ1) is 14.2. The van der Waals surface area contributed by atoms with Crippen molar-refractivity contribution in [2.75, 3.05) is 11.9 Å². The zero-order valence-corrected chi connectivity index (χ0v) is 16.5. The van der Waals surface area contributed by atoms with Crippen LogP contribution in [0.5, 0.6) is 0 Å². The van der Waals surface area contributed by atoms with Crippen molar-refractivity contribution < 1.29 is 0 Å². The number of hydrogen-bond donors (Lipinski definition) is 2. The number of aromatic nitrogens is 5. The van der Waals surface area contributed by atoms with E-state index in [2.05, 4.69) is 81.7 Å². The lowest BCUT2D eigenvalue weighted by molar-refractivity contribution is 1.01. The van der Waals surface area contributed by atoms with Gasteiger partial charge in [-0.1, -0.05) is 35.9 Å². The standard InChI is InChI=1S/C23H22N6/c1-15-7-8-20(16(2)11-15)29-14-28-21-22(26-13-27-23(21)29)24-10-9-17-12-25-19-6-4-3-5-18(17)19/h3-8,11-14,25H,9-10H2,1-2H3,(H,24,26,27). The molecule has 6 nitrogen and oxygen atoms in total. The third-order valence-electron chi connectivity index (χ3n) is 5.31. The van der Waals surface area contributed by atoms with Gasteiger partial charge in [0.2, 0.25) is 0 Å². The van der Waals surface area contributed by atoms with E-state index in [1.165, 1.54) is 27.6 Å². The fourth-order valence-corrected chi connectivity index (χ4v) is 3.87. The van der Waals surface area contributed by atoms with Crippen LogP contribution in [0.4, 0.5) is 5.82 Å². The zero-order valence-electron chi connectivity index (χ0n) is 16.5. The Balaban J connectivity index is 1.40. The van der Waals surface area contributed by atoms with Gasteiger partial charge in [0.25, 0.3) is 0 Å². The molecule has 0 aliphatic carbocycles. The number of imidazole rings is 1. The average molecular weight is 382 g/mol. The topological polar surface area (TPSA) is 71.4 Å². The maximum Gasteiger partial charge on any atom is 0.170 e. The number of aromatic amines is 1. The lowest BCUT2D eigenvalue weighted by Gasteiger charge is -2.09. The van der Waals surface area contributed by atoms with E-state index < -0.39 is 0 Å². The van der Waals surface area contributed by atoms with E-state index in [1.807, 2.05) is 17.0 Å². The molecule has 3 aromatic heterocycles. The summed E-state index contributed by atoms with van der Waals surface area (Å²) in [6, 6.07) is 14.7. The fraction of sp³-hybridized carbons (Fsp3) is 0.174. The van der Waals surface area contributed by atoms with Crippen LogP contribution in [0, 0.1) is 13.8 Å². The monoisotopic (exact) mass is 382 g/mol. The molecule has 0 radical (unpaired) electrons. The van der Waals surface area contributed by atoms with Crippen molar-refractivity contribution in [3.63, 3.8) is 0 Å². The molecule has 0 amide bonds. The number of rotatable bonds is 5. The van der Waals surface area contributed by atoms with Crippen molar-refractivity contribution in [3.05, 3.63) is 78.0 Å². The summed E-state index contributed by atoms with van der Waals surface area (Å²) in [5.74, 6) is 0.762. The van der Waals surface area contributed by atoms with Gasteiger partial charge < -0.3 is 10.3 Å². The minimum absolute atomic E-state index is 0.762. The Labute approximate surface area is 168 Å². The van der Waals surface area contributed by atoms with Crippen LogP contribution in [0.3, 0.4) is 0 Å². The molecule has 0 spiro atoms. The molecule has 2 aromatic carbocycles. The smallest absolute Gasteiger partial charge is 0.170 e. The number of H-pyrrole nitrogens is 1. The summed E-state index contributed by atoms with van der Waals surface area (Å²) in [5, 5.41) is 4.70. The Bertz CT molecular complexity index is 1310. The summed E-state index contributed by atoms with van der Waals surface area (Å²) in [6.07, 6.45) is 6.39. The number of nitrogens with one attached hydrogen (secondary N) is 2. The predicted molar refractivity (Wildman–Crippen MR) is 117 cm³/mol. The normalized spacial score (nSPS) is 11.4. The molecular formula is C23H22N6.